The number of hydrogen-bond donors (Lipinski definition) is 1. The number of ketones is 1. The highest BCUT2D eigenvalue weighted by atomic mass is 19.4. The van der Waals surface area contributed by atoms with Gasteiger partial charge in [0.1, 0.15) is 0 Å². The van der Waals surface area contributed by atoms with E-state index in [2.05, 4.69) is 5.32 Å². The van der Waals surface area contributed by atoms with Gasteiger partial charge >= 0.3 is 6.18 Å². The molecular formula is C16H10F3NO3. The fourth-order valence-corrected chi connectivity index (χ4v) is 1.83. The minimum atomic E-state index is -4.52. The van der Waals surface area contributed by atoms with Crippen LogP contribution in [0.4, 0.5) is 18.9 Å². The number of halogens is 3. The van der Waals surface area contributed by atoms with E-state index in [-0.39, 0.29) is 16.8 Å². The lowest BCUT2D eigenvalue weighted by atomic mass is 10.1. The molecule has 0 heterocycles. The molecule has 0 aliphatic rings. The number of nitrogens with one attached hydrogen (secondary N) is 1. The number of para-hydroxylation sites is 1. The number of carbonyl (C=O) groups is 3. The Labute approximate surface area is 128 Å². The zero-order chi connectivity index (χ0) is 17.0. The molecule has 23 heavy (non-hydrogen) atoms. The molecule has 118 valence electrons. The summed E-state index contributed by atoms with van der Waals surface area (Å²) in [4.78, 5) is 34.6. The zero-order valence-corrected chi connectivity index (χ0v) is 11.6. The van der Waals surface area contributed by atoms with Crippen molar-refractivity contribution in [1.82, 2.24) is 0 Å². The quantitative estimate of drug-likeness (QED) is 0.534. The molecule has 1 amide bonds. The first kappa shape index (κ1) is 16.4. The molecule has 0 fully saturated rings. The van der Waals surface area contributed by atoms with Gasteiger partial charge in [-0.3, -0.25) is 14.4 Å². The Morgan fingerprint density at radius 3 is 2.13 bits per heavy atom. The van der Waals surface area contributed by atoms with Crippen LogP contribution in [0.1, 0.15) is 26.3 Å². The topological polar surface area (TPSA) is 63.2 Å². The van der Waals surface area contributed by atoms with Gasteiger partial charge in [-0.1, -0.05) is 24.3 Å². The molecule has 4 nitrogen and oxygen atoms in total. The van der Waals surface area contributed by atoms with E-state index in [4.69, 9.17) is 0 Å². The van der Waals surface area contributed by atoms with Crippen molar-refractivity contribution in [2.75, 3.05) is 5.32 Å². The van der Waals surface area contributed by atoms with Crippen LogP contribution in [0, 0.1) is 0 Å². The van der Waals surface area contributed by atoms with E-state index in [1.165, 1.54) is 12.1 Å². The maximum atomic E-state index is 12.5. The summed E-state index contributed by atoms with van der Waals surface area (Å²) in [5.41, 5.74) is -0.770. The average molecular weight is 321 g/mol. The molecule has 0 aliphatic heterocycles. The van der Waals surface area contributed by atoms with E-state index >= 15 is 0 Å². The van der Waals surface area contributed by atoms with Crippen LogP contribution in [0.5, 0.6) is 0 Å². The first-order chi connectivity index (χ1) is 10.8. The van der Waals surface area contributed by atoms with E-state index in [1.54, 1.807) is 12.1 Å². The second-order valence-electron chi connectivity index (χ2n) is 4.56. The Kier molecular flexibility index (Phi) is 4.59. The molecule has 0 unspecified atom stereocenters. The highest BCUT2D eigenvalue weighted by Crippen LogP contribution is 2.29. The number of alkyl halides is 3. The van der Waals surface area contributed by atoms with Gasteiger partial charge in [-0.2, -0.15) is 13.2 Å². The van der Waals surface area contributed by atoms with Gasteiger partial charge in [-0.05, 0) is 24.3 Å². The number of benzene rings is 2. The summed E-state index contributed by atoms with van der Waals surface area (Å²) in [6.07, 6.45) is -4.01. The van der Waals surface area contributed by atoms with Crippen molar-refractivity contribution in [3.63, 3.8) is 0 Å². The lowest BCUT2D eigenvalue weighted by Crippen LogP contribution is -2.23. The summed E-state index contributed by atoms with van der Waals surface area (Å²) < 4.78 is 37.4. The number of amides is 1. The molecule has 2 aromatic carbocycles. The first-order valence-corrected chi connectivity index (χ1v) is 6.40. The van der Waals surface area contributed by atoms with Crippen molar-refractivity contribution in [3.05, 3.63) is 65.2 Å². The highest BCUT2D eigenvalue weighted by molar-refractivity contribution is 6.46. The zero-order valence-electron chi connectivity index (χ0n) is 11.6. The molecule has 0 atom stereocenters. The van der Waals surface area contributed by atoms with Crippen LogP contribution in [0.3, 0.4) is 0 Å². The Morgan fingerprint density at radius 2 is 1.57 bits per heavy atom. The molecule has 2 rings (SSSR count). The third-order valence-electron chi connectivity index (χ3n) is 3.02. The predicted molar refractivity (Wildman–Crippen MR) is 76.2 cm³/mol. The van der Waals surface area contributed by atoms with Gasteiger partial charge in [0.15, 0.2) is 6.29 Å². The molecule has 0 bridgehead atoms. The maximum absolute atomic E-state index is 12.5. The van der Waals surface area contributed by atoms with Gasteiger partial charge < -0.3 is 5.32 Å². The van der Waals surface area contributed by atoms with Crippen LogP contribution < -0.4 is 5.32 Å². The largest absolute Gasteiger partial charge is 0.416 e. The SMILES string of the molecule is O=Cc1ccccc1NC(=O)C(=O)c1ccc(C(F)(F)F)cc1. The van der Waals surface area contributed by atoms with E-state index in [0.29, 0.717) is 6.29 Å². The molecule has 2 aromatic rings. The van der Waals surface area contributed by atoms with E-state index in [9.17, 15) is 27.6 Å². The Hall–Kier alpha value is -2.96. The number of anilines is 1. The second kappa shape index (κ2) is 6.43. The normalized spacial score (nSPS) is 10.9. The molecule has 7 heteroatoms. The lowest BCUT2D eigenvalue weighted by molar-refractivity contribution is -0.137. The molecule has 0 saturated carbocycles. The van der Waals surface area contributed by atoms with Crippen LogP contribution in [-0.4, -0.2) is 18.0 Å². The van der Waals surface area contributed by atoms with Crippen molar-refractivity contribution in [2.45, 2.75) is 6.18 Å². The van der Waals surface area contributed by atoms with Gasteiger partial charge in [0.25, 0.3) is 11.7 Å². The minimum Gasteiger partial charge on any atom is -0.318 e. The molecule has 0 spiro atoms. The third-order valence-corrected chi connectivity index (χ3v) is 3.02. The number of hydrogen-bond acceptors (Lipinski definition) is 3. The van der Waals surface area contributed by atoms with Gasteiger partial charge in [0, 0.05) is 11.1 Å². The fourth-order valence-electron chi connectivity index (χ4n) is 1.83. The van der Waals surface area contributed by atoms with Gasteiger partial charge in [-0.25, -0.2) is 0 Å². The summed E-state index contributed by atoms with van der Waals surface area (Å²) in [5, 5.41) is 2.26. The van der Waals surface area contributed by atoms with Gasteiger partial charge in [0.05, 0.1) is 11.3 Å². The maximum Gasteiger partial charge on any atom is 0.416 e. The average Bonchev–Trinajstić information content (AvgIpc) is 2.54. The van der Waals surface area contributed by atoms with Crippen LogP contribution in [0.25, 0.3) is 0 Å². The van der Waals surface area contributed by atoms with E-state index in [1.807, 2.05) is 0 Å². The number of aldehydes is 1. The van der Waals surface area contributed by atoms with Crippen molar-refractivity contribution >= 4 is 23.7 Å². The van der Waals surface area contributed by atoms with Crippen LogP contribution >= 0.6 is 0 Å². The van der Waals surface area contributed by atoms with Crippen molar-refractivity contribution < 1.29 is 27.6 Å². The summed E-state index contributed by atoms with van der Waals surface area (Å²) in [6, 6.07) is 9.32. The Bertz CT molecular complexity index is 752. The number of rotatable bonds is 4. The molecule has 0 aliphatic carbocycles. The molecule has 0 saturated heterocycles. The lowest BCUT2D eigenvalue weighted by Gasteiger charge is -2.08. The first-order valence-electron chi connectivity index (χ1n) is 6.40. The summed E-state index contributed by atoms with van der Waals surface area (Å²) >= 11 is 0. The highest BCUT2D eigenvalue weighted by Gasteiger charge is 2.30. The summed E-state index contributed by atoms with van der Waals surface area (Å²) in [7, 11) is 0. The fraction of sp³-hybridized carbons (Fsp3) is 0.0625. The summed E-state index contributed by atoms with van der Waals surface area (Å²) in [5.74, 6) is -2.04. The second-order valence-corrected chi connectivity index (χ2v) is 4.56. The molecule has 1 N–H and O–H groups in total. The predicted octanol–water partition coefficient (Wildman–Crippen LogP) is 3.34. The van der Waals surface area contributed by atoms with Crippen LogP contribution in [0.15, 0.2) is 48.5 Å². The van der Waals surface area contributed by atoms with E-state index in [0.717, 1.165) is 24.3 Å². The molecular weight excluding hydrogens is 311 g/mol. The van der Waals surface area contributed by atoms with Crippen molar-refractivity contribution in [1.29, 1.82) is 0 Å². The van der Waals surface area contributed by atoms with Crippen LogP contribution in [0.2, 0.25) is 0 Å². The number of Topliss-reactive ketones (excluding diaryl/α,β-unsaturated/α-hetero) is 1. The van der Waals surface area contributed by atoms with E-state index < -0.39 is 23.4 Å². The smallest absolute Gasteiger partial charge is 0.318 e. The van der Waals surface area contributed by atoms with Crippen molar-refractivity contribution in [2.24, 2.45) is 0 Å². The monoisotopic (exact) mass is 321 g/mol. The molecule has 0 aromatic heterocycles. The number of carbonyl (C=O) groups excluding carboxylic acids is 3. The minimum absolute atomic E-state index is 0.146. The summed E-state index contributed by atoms with van der Waals surface area (Å²) in [6.45, 7) is 0. The Balaban J connectivity index is 2.17. The third kappa shape index (κ3) is 3.82. The Morgan fingerprint density at radius 1 is 0.957 bits per heavy atom. The molecule has 0 radical (unpaired) electrons. The standard InChI is InChI=1S/C16H10F3NO3/c17-16(18,19)12-7-5-10(6-8-12)14(22)15(23)20-13-4-2-1-3-11(13)9-21/h1-9H,(H,20,23). The van der Waals surface area contributed by atoms with Gasteiger partial charge in [0.2, 0.25) is 0 Å². The van der Waals surface area contributed by atoms with Crippen LogP contribution in [-0.2, 0) is 11.0 Å². The van der Waals surface area contributed by atoms with Gasteiger partial charge in [-0.15, -0.1) is 0 Å². The van der Waals surface area contributed by atoms with Crippen molar-refractivity contribution in [3.8, 4) is 0 Å².